The molecule has 21 heavy (non-hydrogen) atoms. The quantitative estimate of drug-likeness (QED) is 0.933. The molecule has 1 atom stereocenters. The molecule has 0 bridgehead atoms. The highest BCUT2D eigenvalue weighted by Gasteiger charge is 2.27. The number of hydrogen-bond acceptors (Lipinski definition) is 2. The second kappa shape index (κ2) is 5.45. The lowest BCUT2D eigenvalue weighted by molar-refractivity contribution is 0.410. The second-order valence-corrected chi connectivity index (χ2v) is 5.50. The minimum absolute atomic E-state index is 0.396. The number of ether oxygens (including phenoxy) is 1. The van der Waals surface area contributed by atoms with Crippen LogP contribution in [0.5, 0.6) is 5.75 Å². The van der Waals surface area contributed by atoms with Crippen molar-refractivity contribution in [1.29, 1.82) is 0 Å². The highest BCUT2D eigenvalue weighted by Crippen LogP contribution is 2.33. The van der Waals surface area contributed by atoms with Crippen molar-refractivity contribution in [2.45, 2.75) is 26.3 Å². The van der Waals surface area contributed by atoms with Gasteiger partial charge in [-0.05, 0) is 67.3 Å². The van der Waals surface area contributed by atoms with Gasteiger partial charge in [-0.15, -0.1) is 0 Å². The molecule has 1 unspecified atom stereocenters. The molecule has 0 radical (unpaired) electrons. The summed E-state index contributed by atoms with van der Waals surface area (Å²) in [4.78, 5) is 0. The van der Waals surface area contributed by atoms with Crippen LogP contribution in [0, 0.1) is 25.5 Å². The number of hydrogen-bond donors (Lipinski definition) is 1. The molecule has 0 saturated carbocycles. The van der Waals surface area contributed by atoms with E-state index in [9.17, 15) is 8.78 Å². The van der Waals surface area contributed by atoms with Crippen molar-refractivity contribution in [2.75, 3.05) is 7.11 Å². The smallest absolute Gasteiger partial charge is 0.126 e. The maximum Gasteiger partial charge on any atom is 0.126 e. The van der Waals surface area contributed by atoms with E-state index >= 15 is 0 Å². The van der Waals surface area contributed by atoms with Crippen LogP contribution in [-0.2, 0) is 5.54 Å². The van der Waals surface area contributed by atoms with Gasteiger partial charge in [0.05, 0.1) is 12.6 Å². The zero-order chi connectivity index (χ0) is 15.8. The molecule has 112 valence electrons. The average Bonchev–Trinajstić information content (AvgIpc) is 2.39. The Hall–Kier alpha value is -1.94. The molecule has 0 aromatic heterocycles. The maximum absolute atomic E-state index is 13.5. The van der Waals surface area contributed by atoms with E-state index < -0.39 is 17.2 Å². The van der Waals surface area contributed by atoms with Crippen LogP contribution in [0.25, 0.3) is 0 Å². The van der Waals surface area contributed by atoms with E-state index in [2.05, 4.69) is 0 Å². The van der Waals surface area contributed by atoms with Crippen molar-refractivity contribution in [3.63, 3.8) is 0 Å². The summed E-state index contributed by atoms with van der Waals surface area (Å²) in [6, 6.07) is 7.15. The minimum atomic E-state index is -0.996. The molecule has 0 saturated heterocycles. The topological polar surface area (TPSA) is 35.2 Å². The molecule has 2 aromatic carbocycles. The molecule has 0 spiro atoms. The summed E-state index contributed by atoms with van der Waals surface area (Å²) in [5, 5.41) is 0. The van der Waals surface area contributed by atoms with Crippen LogP contribution < -0.4 is 10.5 Å². The van der Waals surface area contributed by atoms with Gasteiger partial charge in [0.2, 0.25) is 0 Å². The Morgan fingerprint density at radius 2 is 1.52 bits per heavy atom. The zero-order valence-corrected chi connectivity index (χ0v) is 12.6. The van der Waals surface area contributed by atoms with E-state index in [-0.39, 0.29) is 0 Å². The van der Waals surface area contributed by atoms with E-state index in [1.54, 1.807) is 14.0 Å². The van der Waals surface area contributed by atoms with Crippen molar-refractivity contribution in [2.24, 2.45) is 5.73 Å². The van der Waals surface area contributed by atoms with Gasteiger partial charge in [-0.25, -0.2) is 8.78 Å². The molecule has 2 rings (SSSR count). The minimum Gasteiger partial charge on any atom is -0.496 e. The van der Waals surface area contributed by atoms with E-state index in [1.165, 1.54) is 12.1 Å². The highest BCUT2D eigenvalue weighted by atomic mass is 19.1. The molecule has 0 amide bonds. The van der Waals surface area contributed by atoms with Gasteiger partial charge in [-0.2, -0.15) is 0 Å². The van der Waals surface area contributed by atoms with Crippen molar-refractivity contribution < 1.29 is 13.5 Å². The lowest BCUT2D eigenvalue weighted by Crippen LogP contribution is -2.35. The fraction of sp³-hybridized carbons (Fsp3) is 0.294. The largest absolute Gasteiger partial charge is 0.496 e. The number of aryl methyl sites for hydroxylation is 2. The second-order valence-electron chi connectivity index (χ2n) is 5.50. The van der Waals surface area contributed by atoms with Gasteiger partial charge < -0.3 is 10.5 Å². The fourth-order valence-electron chi connectivity index (χ4n) is 2.58. The Kier molecular flexibility index (Phi) is 4.01. The highest BCUT2D eigenvalue weighted by molar-refractivity contribution is 5.48. The molecule has 2 aromatic rings. The van der Waals surface area contributed by atoms with Crippen molar-refractivity contribution in [3.05, 3.63) is 64.2 Å². The molecule has 0 aliphatic rings. The van der Waals surface area contributed by atoms with Crippen molar-refractivity contribution >= 4 is 0 Å². The molecule has 4 heteroatoms. The molecule has 0 fully saturated rings. The van der Waals surface area contributed by atoms with Crippen LogP contribution in [0.1, 0.15) is 29.2 Å². The van der Waals surface area contributed by atoms with E-state index in [1.807, 2.05) is 26.0 Å². The van der Waals surface area contributed by atoms with Crippen molar-refractivity contribution in [1.82, 2.24) is 0 Å². The number of methoxy groups -OCH3 is 1. The predicted octanol–water partition coefficient (Wildman–Crippen LogP) is 3.81. The normalized spacial score (nSPS) is 13.9. The third kappa shape index (κ3) is 2.90. The summed E-state index contributed by atoms with van der Waals surface area (Å²) in [5.41, 5.74) is 8.43. The summed E-state index contributed by atoms with van der Waals surface area (Å²) in [7, 11) is 1.60. The first-order valence-corrected chi connectivity index (χ1v) is 6.67. The maximum atomic E-state index is 13.5. The summed E-state index contributed by atoms with van der Waals surface area (Å²) < 4.78 is 32.2. The molecule has 0 aliphatic heterocycles. The molecule has 0 heterocycles. The van der Waals surface area contributed by atoms with Gasteiger partial charge >= 0.3 is 0 Å². The Bertz CT molecular complexity index is 660. The van der Waals surface area contributed by atoms with Crippen LogP contribution >= 0.6 is 0 Å². The number of nitrogens with two attached hydrogens (primary N) is 1. The first-order chi connectivity index (χ1) is 9.75. The average molecular weight is 291 g/mol. The first kappa shape index (κ1) is 15.4. The number of halogens is 2. The Morgan fingerprint density at radius 1 is 0.952 bits per heavy atom. The van der Waals surface area contributed by atoms with Gasteiger partial charge in [0.25, 0.3) is 0 Å². The standard InChI is InChI=1S/C17H19F2NO/c1-10-6-16(21-4)11(2)5-15(10)17(3,20)12-7-13(18)9-14(19)8-12/h5-9H,20H2,1-4H3. The summed E-state index contributed by atoms with van der Waals surface area (Å²) in [6.07, 6.45) is 0. The van der Waals surface area contributed by atoms with Crippen molar-refractivity contribution in [3.8, 4) is 5.75 Å². The number of benzene rings is 2. The van der Waals surface area contributed by atoms with E-state index in [0.717, 1.165) is 28.5 Å². The van der Waals surface area contributed by atoms with Gasteiger partial charge in [0.15, 0.2) is 0 Å². The van der Waals surface area contributed by atoms with Crippen LogP contribution in [0.15, 0.2) is 30.3 Å². The van der Waals surface area contributed by atoms with Crippen LogP contribution in [0.3, 0.4) is 0 Å². The number of rotatable bonds is 3. The Balaban J connectivity index is 2.60. The van der Waals surface area contributed by atoms with Crippen LogP contribution in [-0.4, -0.2) is 7.11 Å². The first-order valence-electron chi connectivity index (χ1n) is 6.67. The molecule has 2 N–H and O–H groups in total. The summed E-state index contributed by atoms with van der Waals surface area (Å²) >= 11 is 0. The van der Waals surface area contributed by atoms with Gasteiger partial charge in [0, 0.05) is 6.07 Å². The third-order valence-electron chi connectivity index (χ3n) is 3.76. The van der Waals surface area contributed by atoms with Crippen LogP contribution in [0.2, 0.25) is 0 Å². The molecular weight excluding hydrogens is 272 g/mol. The molecular formula is C17H19F2NO. The third-order valence-corrected chi connectivity index (χ3v) is 3.76. The van der Waals surface area contributed by atoms with Crippen LogP contribution in [0.4, 0.5) is 8.78 Å². The lowest BCUT2D eigenvalue weighted by Gasteiger charge is -2.29. The van der Waals surface area contributed by atoms with Gasteiger partial charge in [-0.3, -0.25) is 0 Å². The predicted molar refractivity (Wildman–Crippen MR) is 79.5 cm³/mol. The molecule has 2 nitrogen and oxygen atoms in total. The monoisotopic (exact) mass is 291 g/mol. The Morgan fingerprint density at radius 3 is 2.05 bits per heavy atom. The fourth-order valence-corrected chi connectivity index (χ4v) is 2.58. The summed E-state index contributed by atoms with van der Waals surface area (Å²) in [6.45, 7) is 5.55. The Labute approximate surface area is 123 Å². The SMILES string of the molecule is COc1cc(C)c(C(C)(N)c2cc(F)cc(F)c2)cc1C. The summed E-state index contributed by atoms with van der Waals surface area (Å²) in [5.74, 6) is -0.508. The van der Waals surface area contributed by atoms with Gasteiger partial charge in [-0.1, -0.05) is 0 Å². The molecule has 0 aliphatic carbocycles. The van der Waals surface area contributed by atoms with E-state index in [4.69, 9.17) is 10.5 Å². The lowest BCUT2D eigenvalue weighted by atomic mass is 9.82. The van der Waals surface area contributed by atoms with Gasteiger partial charge in [0.1, 0.15) is 17.4 Å². The zero-order valence-electron chi connectivity index (χ0n) is 12.6. The van der Waals surface area contributed by atoms with E-state index in [0.29, 0.717) is 5.56 Å².